The molecule has 2 rings (SSSR count). The first-order valence-corrected chi connectivity index (χ1v) is 6.89. The number of rotatable bonds is 4. The lowest BCUT2D eigenvalue weighted by Crippen LogP contribution is -2.41. The van der Waals surface area contributed by atoms with Gasteiger partial charge in [0, 0.05) is 19.1 Å². The largest absolute Gasteiger partial charge is 0.347 e. The van der Waals surface area contributed by atoms with Crippen LogP contribution in [0.25, 0.3) is 10.9 Å². The van der Waals surface area contributed by atoms with Crippen LogP contribution in [-0.2, 0) is 11.3 Å². The number of aromatic amines is 1. The number of fused-ring (bicyclic) bond motifs is 1. The fourth-order valence-corrected chi connectivity index (χ4v) is 2.14. The second-order valence-corrected chi connectivity index (χ2v) is 5.45. The molecule has 1 unspecified atom stereocenters. The molecule has 0 aliphatic heterocycles. The predicted octanol–water partition coefficient (Wildman–Crippen LogP) is 1.14. The van der Waals surface area contributed by atoms with Crippen molar-refractivity contribution in [3.63, 3.8) is 0 Å². The smallest absolute Gasteiger partial charge is 0.258 e. The molecule has 0 radical (unpaired) electrons. The number of carbonyl (C=O) groups is 1. The topological polar surface area (TPSA) is 78.1 Å². The second-order valence-electron chi connectivity index (χ2n) is 5.01. The van der Waals surface area contributed by atoms with Crippen molar-refractivity contribution in [2.45, 2.75) is 19.5 Å². The standard InChI is InChI=1S/C14H17ClN4O2/c1-8(14(21)19(2)3)16-7-12-17-11-6-9(15)4-5-10(11)13(20)18-12/h4-6,8,16H,7H2,1-3H3,(H,17,18,20). The summed E-state index contributed by atoms with van der Waals surface area (Å²) in [5.41, 5.74) is 0.315. The molecular formula is C14H17ClN4O2. The molecule has 1 aromatic carbocycles. The molecule has 0 saturated carbocycles. The van der Waals surface area contributed by atoms with Gasteiger partial charge in [0.2, 0.25) is 5.91 Å². The molecule has 112 valence electrons. The number of carbonyl (C=O) groups excluding carboxylic acids is 1. The first-order chi connectivity index (χ1) is 9.88. The van der Waals surface area contributed by atoms with Gasteiger partial charge in [-0.3, -0.25) is 14.9 Å². The van der Waals surface area contributed by atoms with Gasteiger partial charge in [-0.2, -0.15) is 0 Å². The van der Waals surface area contributed by atoms with Crippen molar-refractivity contribution in [3.8, 4) is 0 Å². The van der Waals surface area contributed by atoms with Crippen molar-refractivity contribution >= 4 is 28.4 Å². The summed E-state index contributed by atoms with van der Waals surface area (Å²) in [6.45, 7) is 2.05. The van der Waals surface area contributed by atoms with Crippen LogP contribution in [0.1, 0.15) is 12.7 Å². The second kappa shape index (κ2) is 6.24. The molecule has 1 atom stereocenters. The molecule has 21 heavy (non-hydrogen) atoms. The number of hydrogen-bond donors (Lipinski definition) is 2. The van der Waals surface area contributed by atoms with Crippen LogP contribution < -0.4 is 10.9 Å². The van der Waals surface area contributed by atoms with E-state index >= 15 is 0 Å². The van der Waals surface area contributed by atoms with E-state index in [0.29, 0.717) is 28.3 Å². The number of nitrogens with zero attached hydrogens (tertiary/aromatic N) is 2. The van der Waals surface area contributed by atoms with Crippen molar-refractivity contribution in [1.82, 2.24) is 20.2 Å². The molecule has 2 N–H and O–H groups in total. The quantitative estimate of drug-likeness (QED) is 0.888. The summed E-state index contributed by atoms with van der Waals surface area (Å²) in [5.74, 6) is 0.425. The van der Waals surface area contributed by atoms with Gasteiger partial charge in [-0.05, 0) is 25.1 Å². The number of halogens is 1. The van der Waals surface area contributed by atoms with Gasteiger partial charge in [0.05, 0.1) is 23.5 Å². The SMILES string of the molecule is CC(NCc1nc2cc(Cl)ccc2c(=O)[nH]1)C(=O)N(C)C. The fourth-order valence-electron chi connectivity index (χ4n) is 1.97. The van der Waals surface area contributed by atoms with Crippen molar-refractivity contribution in [1.29, 1.82) is 0 Å². The minimum Gasteiger partial charge on any atom is -0.347 e. The van der Waals surface area contributed by atoms with Crippen LogP contribution in [0.4, 0.5) is 0 Å². The number of hydrogen-bond acceptors (Lipinski definition) is 4. The van der Waals surface area contributed by atoms with Crippen molar-refractivity contribution in [2.75, 3.05) is 14.1 Å². The summed E-state index contributed by atoms with van der Waals surface area (Å²) in [6.07, 6.45) is 0. The van der Waals surface area contributed by atoms with Crippen LogP contribution in [0.2, 0.25) is 5.02 Å². The third-order valence-corrected chi connectivity index (χ3v) is 3.34. The fraction of sp³-hybridized carbons (Fsp3) is 0.357. The van der Waals surface area contributed by atoms with Crippen LogP contribution >= 0.6 is 11.6 Å². The Bertz CT molecular complexity index is 726. The third-order valence-electron chi connectivity index (χ3n) is 3.10. The zero-order valence-corrected chi connectivity index (χ0v) is 12.9. The van der Waals surface area contributed by atoms with Crippen molar-refractivity contribution < 1.29 is 4.79 Å². The highest BCUT2D eigenvalue weighted by molar-refractivity contribution is 6.31. The van der Waals surface area contributed by atoms with E-state index < -0.39 is 0 Å². The molecule has 6 nitrogen and oxygen atoms in total. The minimum absolute atomic E-state index is 0.0406. The Morgan fingerprint density at radius 2 is 2.19 bits per heavy atom. The van der Waals surface area contributed by atoms with E-state index in [1.807, 2.05) is 0 Å². The van der Waals surface area contributed by atoms with E-state index in [1.165, 1.54) is 4.90 Å². The monoisotopic (exact) mass is 308 g/mol. The van der Waals surface area contributed by atoms with Gasteiger partial charge in [0.1, 0.15) is 5.82 Å². The molecule has 1 heterocycles. The van der Waals surface area contributed by atoms with E-state index in [0.717, 1.165) is 0 Å². The lowest BCUT2D eigenvalue weighted by Gasteiger charge is -2.17. The lowest BCUT2D eigenvalue weighted by atomic mass is 10.2. The molecule has 0 aliphatic rings. The highest BCUT2D eigenvalue weighted by Crippen LogP contribution is 2.14. The molecule has 7 heteroatoms. The Kier molecular flexibility index (Phi) is 4.59. The number of H-pyrrole nitrogens is 1. The number of likely N-dealkylation sites (N-methyl/N-ethyl adjacent to an activating group) is 1. The number of amides is 1. The van der Waals surface area contributed by atoms with Gasteiger partial charge in [-0.1, -0.05) is 11.6 Å². The number of benzene rings is 1. The lowest BCUT2D eigenvalue weighted by molar-refractivity contribution is -0.130. The zero-order valence-electron chi connectivity index (χ0n) is 12.1. The molecule has 1 amide bonds. The maximum atomic E-state index is 12.0. The summed E-state index contributed by atoms with van der Waals surface area (Å²) in [5, 5.41) is 4.04. The summed E-state index contributed by atoms with van der Waals surface area (Å²) in [6, 6.07) is 4.57. The van der Waals surface area contributed by atoms with Gasteiger partial charge in [0.25, 0.3) is 5.56 Å². The van der Waals surface area contributed by atoms with E-state index in [2.05, 4.69) is 15.3 Å². The molecule has 0 spiro atoms. The highest BCUT2D eigenvalue weighted by Gasteiger charge is 2.14. The maximum absolute atomic E-state index is 12.0. The van der Waals surface area contributed by atoms with Crippen LogP contribution in [0.3, 0.4) is 0 Å². The molecule has 1 aromatic heterocycles. The van der Waals surface area contributed by atoms with Gasteiger partial charge in [0.15, 0.2) is 0 Å². The summed E-state index contributed by atoms with van der Waals surface area (Å²) < 4.78 is 0. The van der Waals surface area contributed by atoms with Crippen LogP contribution in [0.15, 0.2) is 23.0 Å². The Hall–Kier alpha value is -1.92. The number of aromatic nitrogens is 2. The number of nitrogens with one attached hydrogen (secondary N) is 2. The normalized spacial score (nSPS) is 12.4. The van der Waals surface area contributed by atoms with Crippen LogP contribution in [0, 0.1) is 0 Å². The minimum atomic E-state index is -0.361. The molecule has 0 fully saturated rings. The Morgan fingerprint density at radius 3 is 2.86 bits per heavy atom. The average molecular weight is 309 g/mol. The molecule has 2 aromatic rings. The van der Waals surface area contributed by atoms with Crippen molar-refractivity contribution in [2.24, 2.45) is 0 Å². The Balaban J connectivity index is 2.20. The van der Waals surface area contributed by atoms with E-state index in [-0.39, 0.29) is 17.5 Å². The summed E-state index contributed by atoms with van der Waals surface area (Å²) in [7, 11) is 3.39. The maximum Gasteiger partial charge on any atom is 0.258 e. The summed E-state index contributed by atoms with van der Waals surface area (Å²) >= 11 is 5.91. The van der Waals surface area contributed by atoms with Crippen LogP contribution in [-0.4, -0.2) is 40.9 Å². The van der Waals surface area contributed by atoms with Crippen molar-refractivity contribution in [3.05, 3.63) is 39.4 Å². The first-order valence-electron chi connectivity index (χ1n) is 6.51. The van der Waals surface area contributed by atoms with E-state index in [4.69, 9.17) is 11.6 Å². The molecule has 0 bridgehead atoms. The molecule has 0 saturated heterocycles. The van der Waals surface area contributed by atoms with Gasteiger partial charge < -0.3 is 9.88 Å². The highest BCUT2D eigenvalue weighted by atomic mass is 35.5. The van der Waals surface area contributed by atoms with Crippen LogP contribution in [0.5, 0.6) is 0 Å². The Labute approximate surface area is 127 Å². The van der Waals surface area contributed by atoms with E-state index in [1.54, 1.807) is 39.2 Å². The van der Waals surface area contributed by atoms with Gasteiger partial charge >= 0.3 is 0 Å². The Morgan fingerprint density at radius 1 is 1.48 bits per heavy atom. The third kappa shape index (κ3) is 3.59. The van der Waals surface area contributed by atoms with Gasteiger partial charge in [-0.25, -0.2) is 4.98 Å². The summed E-state index contributed by atoms with van der Waals surface area (Å²) in [4.78, 5) is 32.2. The van der Waals surface area contributed by atoms with Gasteiger partial charge in [-0.15, -0.1) is 0 Å². The first kappa shape index (κ1) is 15.5. The predicted molar refractivity (Wildman–Crippen MR) is 82.4 cm³/mol. The molecule has 0 aliphatic carbocycles. The zero-order chi connectivity index (χ0) is 15.6. The van der Waals surface area contributed by atoms with E-state index in [9.17, 15) is 9.59 Å². The average Bonchev–Trinajstić information content (AvgIpc) is 2.43. The molecular weight excluding hydrogens is 292 g/mol.